The number of carbonyl (C=O) groups is 2. The van der Waals surface area contributed by atoms with Gasteiger partial charge in [-0.1, -0.05) is 50.8 Å². The van der Waals surface area contributed by atoms with Crippen LogP contribution < -0.4 is 0 Å². The van der Waals surface area contributed by atoms with E-state index in [2.05, 4.69) is 22.6 Å². The van der Waals surface area contributed by atoms with E-state index in [-0.39, 0.29) is 11.9 Å². The van der Waals surface area contributed by atoms with Crippen LogP contribution in [0.3, 0.4) is 0 Å². The Bertz CT molecular complexity index is 516. The van der Waals surface area contributed by atoms with E-state index in [1.165, 1.54) is 0 Å². The summed E-state index contributed by atoms with van der Waals surface area (Å²) in [5.74, 6) is -0.212. The molecule has 0 aliphatic rings. The normalized spacial score (nSPS) is 10.5. The summed E-state index contributed by atoms with van der Waals surface area (Å²) >= 11 is 2.25. The van der Waals surface area contributed by atoms with Crippen LogP contribution in [0.2, 0.25) is 0 Å². The lowest BCUT2D eigenvalue weighted by Gasteiger charge is -2.07. The van der Waals surface area contributed by atoms with Gasteiger partial charge in [0.1, 0.15) is 6.61 Å². The summed E-state index contributed by atoms with van der Waals surface area (Å²) in [7, 11) is 0. The molecular formula is C20H29IO4. The molecule has 0 saturated heterocycles. The van der Waals surface area contributed by atoms with Crippen molar-refractivity contribution in [3.05, 3.63) is 33.4 Å². The van der Waals surface area contributed by atoms with Gasteiger partial charge in [0.05, 0.1) is 6.61 Å². The molecule has 0 heterocycles. The van der Waals surface area contributed by atoms with Crippen LogP contribution in [0.15, 0.2) is 24.3 Å². The zero-order valence-electron chi connectivity index (χ0n) is 15.1. The lowest BCUT2D eigenvalue weighted by Crippen LogP contribution is -2.05. The van der Waals surface area contributed by atoms with E-state index in [4.69, 9.17) is 9.47 Å². The summed E-state index contributed by atoms with van der Waals surface area (Å²) in [6.45, 7) is 2.87. The smallest absolute Gasteiger partial charge is 0.306 e. The molecule has 0 radical (unpaired) electrons. The maximum atomic E-state index is 11.7. The Balaban J connectivity index is 1.95. The fourth-order valence-corrected chi connectivity index (χ4v) is 2.92. The highest BCUT2D eigenvalue weighted by Gasteiger charge is 2.05. The minimum Gasteiger partial charge on any atom is -0.466 e. The van der Waals surface area contributed by atoms with Gasteiger partial charge in [-0.05, 0) is 47.9 Å². The highest BCUT2D eigenvalue weighted by molar-refractivity contribution is 14.1. The Hall–Kier alpha value is -1.11. The zero-order chi connectivity index (χ0) is 18.3. The molecule has 25 heavy (non-hydrogen) atoms. The van der Waals surface area contributed by atoms with Crippen molar-refractivity contribution in [1.29, 1.82) is 0 Å². The van der Waals surface area contributed by atoms with E-state index in [0.29, 0.717) is 26.1 Å². The van der Waals surface area contributed by atoms with Crippen LogP contribution in [0.25, 0.3) is 0 Å². The molecule has 0 amide bonds. The molecule has 0 atom stereocenters. The number of unbranched alkanes of at least 4 members (excludes halogenated alkanes) is 5. The van der Waals surface area contributed by atoms with Gasteiger partial charge in [0.2, 0.25) is 0 Å². The number of rotatable bonds is 13. The second-order valence-electron chi connectivity index (χ2n) is 6.09. The molecule has 1 aromatic carbocycles. The topological polar surface area (TPSA) is 52.6 Å². The molecule has 1 aromatic rings. The summed E-state index contributed by atoms with van der Waals surface area (Å²) in [6.07, 6.45) is 7.88. The van der Waals surface area contributed by atoms with E-state index in [1.54, 1.807) is 0 Å². The van der Waals surface area contributed by atoms with Crippen LogP contribution in [0.4, 0.5) is 0 Å². The molecule has 0 N–H and O–H groups in total. The Morgan fingerprint density at radius 1 is 0.880 bits per heavy atom. The van der Waals surface area contributed by atoms with Crippen LogP contribution in [0, 0.1) is 3.57 Å². The third-order valence-corrected chi connectivity index (χ3v) is 4.88. The highest BCUT2D eigenvalue weighted by Crippen LogP contribution is 2.14. The van der Waals surface area contributed by atoms with Crippen LogP contribution in [-0.4, -0.2) is 18.5 Å². The second-order valence-corrected chi connectivity index (χ2v) is 7.26. The molecule has 0 unspecified atom stereocenters. The molecule has 0 aliphatic carbocycles. The summed E-state index contributed by atoms with van der Waals surface area (Å²) in [5, 5.41) is 0. The Morgan fingerprint density at radius 3 is 2.04 bits per heavy atom. The first-order valence-electron chi connectivity index (χ1n) is 9.18. The number of ether oxygens (including phenoxy) is 2. The van der Waals surface area contributed by atoms with Crippen molar-refractivity contribution >= 4 is 34.5 Å². The van der Waals surface area contributed by atoms with Crippen molar-refractivity contribution in [3.8, 4) is 0 Å². The lowest BCUT2D eigenvalue weighted by atomic mass is 10.1. The van der Waals surface area contributed by atoms with Crippen LogP contribution >= 0.6 is 22.6 Å². The van der Waals surface area contributed by atoms with Crippen molar-refractivity contribution in [2.24, 2.45) is 0 Å². The molecule has 0 bridgehead atoms. The molecule has 5 heteroatoms. The van der Waals surface area contributed by atoms with E-state index in [0.717, 1.165) is 54.1 Å². The Morgan fingerprint density at radius 2 is 1.44 bits per heavy atom. The largest absolute Gasteiger partial charge is 0.466 e. The molecular weight excluding hydrogens is 431 g/mol. The summed E-state index contributed by atoms with van der Waals surface area (Å²) in [6, 6.07) is 7.91. The standard InChI is InChI=1S/C20H29IO4/c1-2-15-24-19(22)13-7-5-3-4-6-8-14-20(23)25-16-17-11-9-10-12-18(17)21/h9-12H,2-8,13-16H2,1H3. The van der Waals surface area contributed by atoms with Gasteiger partial charge >= 0.3 is 11.9 Å². The van der Waals surface area contributed by atoms with E-state index >= 15 is 0 Å². The molecule has 0 spiro atoms. The minimum atomic E-state index is -0.127. The van der Waals surface area contributed by atoms with Gasteiger partial charge in [-0.15, -0.1) is 0 Å². The Kier molecular flexibility index (Phi) is 12.4. The van der Waals surface area contributed by atoms with Crippen LogP contribution in [0.5, 0.6) is 0 Å². The first-order chi connectivity index (χ1) is 12.1. The average molecular weight is 460 g/mol. The first-order valence-corrected chi connectivity index (χ1v) is 10.3. The van der Waals surface area contributed by atoms with Gasteiger partial charge in [0.25, 0.3) is 0 Å². The maximum absolute atomic E-state index is 11.7. The van der Waals surface area contributed by atoms with Crippen LogP contribution in [0.1, 0.15) is 70.3 Å². The monoisotopic (exact) mass is 460 g/mol. The molecule has 1 rings (SSSR count). The Labute approximate surface area is 164 Å². The van der Waals surface area contributed by atoms with E-state index < -0.39 is 0 Å². The second kappa shape index (κ2) is 14.1. The predicted octanol–water partition coefficient (Wildman–Crippen LogP) is 5.41. The molecule has 0 aromatic heterocycles. The summed E-state index contributed by atoms with van der Waals surface area (Å²) < 4.78 is 11.5. The average Bonchev–Trinajstić information content (AvgIpc) is 2.61. The molecule has 0 saturated carbocycles. The van der Waals surface area contributed by atoms with Gasteiger partial charge in [0.15, 0.2) is 0 Å². The maximum Gasteiger partial charge on any atom is 0.306 e. The summed E-state index contributed by atoms with van der Waals surface area (Å²) in [4.78, 5) is 23.1. The number of hydrogen-bond acceptors (Lipinski definition) is 4. The van der Waals surface area contributed by atoms with E-state index in [9.17, 15) is 9.59 Å². The molecule has 140 valence electrons. The fourth-order valence-electron chi connectivity index (χ4n) is 2.38. The van der Waals surface area contributed by atoms with Crippen molar-refractivity contribution < 1.29 is 19.1 Å². The fraction of sp³-hybridized carbons (Fsp3) is 0.600. The van der Waals surface area contributed by atoms with Crippen molar-refractivity contribution in [2.75, 3.05) is 6.61 Å². The minimum absolute atomic E-state index is 0.0855. The van der Waals surface area contributed by atoms with Gasteiger partial charge < -0.3 is 9.47 Å². The van der Waals surface area contributed by atoms with Crippen LogP contribution in [-0.2, 0) is 25.7 Å². The van der Waals surface area contributed by atoms with Gasteiger partial charge in [-0.25, -0.2) is 0 Å². The highest BCUT2D eigenvalue weighted by atomic mass is 127. The number of benzene rings is 1. The first kappa shape index (κ1) is 21.9. The van der Waals surface area contributed by atoms with Gasteiger partial charge in [-0.2, -0.15) is 0 Å². The van der Waals surface area contributed by atoms with Gasteiger partial charge in [0, 0.05) is 22.0 Å². The third kappa shape index (κ3) is 11.2. The zero-order valence-corrected chi connectivity index (χ0v) is 17.3. The number of carbonyl (C=O) groups excluding carboxylic acids is 2. The number of esters is 2. The molecule has 4 nitrogen and oxygen atoms in total. The molecule has 0 fully saturated rings. The van der Waals surface area contributed by atoms with Crippen molar-refractivity contribution in [2.45, 2.75) is 71.3 Å². The van der Waals surface area contributed by atoms with E-state index in [1.807, 2.05) is 31.2 Å². The predicted molar refractivity (Wildman–Crippen MR) is 107 cm³/mol. The van der Waals surface area contributed by atoms with Crippen molar-refractivity contribution in [1.82, 2.24) is 0 Å². The van der Waals surface area contributed by atoms with Gasteiger partial charge in [-0.3, -0.25) is 9.59 Å². The third-order valence-electron chi connectivity index (χ3n) is 3.83. The number of hydrogen-bond donors (Lipinski definition) is 0. The number of halogens is 1. The van der Waals surface area contributed by atoms with Crippen molar-refractivity contribution in [3.63, 3.8) is 0 Å². The molecule has 0 aliphatic heterocycles. The summed E-state index contributed by atoms with van der Waals surface area (Å²) in [5.41, 5.74) is 1.05. The quantitative estimate of drug-likeness (QED) is 0.225. The lowest BCUT2D eigenvalue weighted by molar-refractivity contribution is -0.145. The SMILES string of the molecule is CCCOC(=O)CCCCCCCCC(=O)OCc1ccccc1I.